The van der Waals surface area contributed by atoms with Crippen LogP contribution in [-0.2, 0) is 174 Å². The maximum absolute atomic E-state index is 10.1. The van der Waals surface area contributed by atoms with Gasteiger partial charge in [0.15, 0.2) is 0 Å². The largest absolute Gasteiger partial charge is 3.00 e. The third kappa shape index (κ3) is 45.8. The summed E-state index contributed by atoms with van der Waals surface area (Å²) in [6, 6.07) is 0. The first-order valence-corrected chi connectivity index (χ1v) is 15.6. The summed E-state index contributed by atoms with van der Waals surface area (Å²) in [6.07, 6.45) is -13.6. The summed E-state index contributed by atoms with van der Waals surface area (Å²) in [5, 5.41) is 195. The van der Waals surface area contributed by atoms with Crippen molar-refractivity contribution >= 4 is 89.5 Å². The summed E-state index contributed by atoms with van der Waals surface area (Å²) in [5.41, 5.74) is -14.9. The molecule has 0 aromatic carbocycles. The summed E-state index contributed by atoms with van der Waals surface area (Å²) in [4.78, 5) is 150. The van der Waals surface area contributed by atoms with Crippen LogP contribution in [-0.4, -0.2) is 143 Å². The molecule has 0 aromatic rings. The number of hydrogen-bond acceptors (Lipinski definition) is 35. The van der Waals surface area contributed by atoms with E-state index < -0.39 is 182 Å². The Morgan fingerprint density at radius 3 is 0.296 bits per heavy atom. The molecule has 0 fully saturated rings. The fourth-order valence-corrected chi connectivity index (χ4v) is 3.42. The summed E-state index contributed by atoms with van der Waals surface area (Å²) in [6.45, 7) is 0. The third-order valence-electron chi connectivity index (χ3n) is 6.27. The van der Waals surface area contributed by atoms with Crippen molar-refractivity contribution in [2.45, 2.75) is 92.2 Å². The molecule has 0 unspecified atom stereocenters. The van der Waals surface area contributed by atoms with E-state index >= 15 is 0 Å². The van der Waals surface area contributed by atoms with Crippen molar-refractivity contribution in [3.05, 3.63) is 0 Å². The van der Waals surface area contributed by atoms with Crippen LogP contribution >= 0.6 is 0 Å². The smallest absolute Gasteiger partial charge is 0.550 e. The first kappa shape index (κ1) is 92.2. The molecule has 35 nitrogen and oxygen atoms in total. The molecule has 71 heavy (non-hydrogen) atoms. The van der Waals surface area contributed by atoms with E-state index in [4.69, 9.17) is 25.5 Å². The van der Waals surface area contributed by atoms with E-state index in [9.17, 15) is 149 Å². The van der Waals surface area contributed by atoms with E-state index in [0.717, 1.165) is 0 Å². The van der Waals surface area contributed by atoms with Crippen molar-refractivity contribution in [3.8, 4) is 0 Å². The third-order valence-corrected chi connectivity index (χ3v) is 6.27. The Labute approximate surface area is 455 Å². The summed E-state index contributed by atoms with van der Waals surface area (Å²) in [5.74, 6) is -29.9. The number of rotatable bonds is 25. The molecule has 0 aliphatic heterocycles. The predicted octanol–water partition coefficient (Wildman–Crippen LogP) is -26.3. The van der Waals surface area contributed by atoms with Crippen molar-refractivity contribution in [3.63, 3.8) is 0 Å². The molecule has 0 heterocycles. The number of aliphatic hydroxyl groups is 5. The Morgan fingerprint density at radius 2 is 0.268 bits per heavy atom. The Bertz CT molecular complexity index is 1470. The first-order chi connectivity index (χ1) is 28.9. The Hall–Kier alpha value is -5.03. The SMILES string of the molecule is O=C([O-])CC(O)(CC(=O)[O-])C(=O)[O-].O=C([O-])CC(O)(CC(=O)[O-])C(=O)[O-].O=C([O-])CC(O)(CC(=O)[O-])C(=O)[O-].O=C([O-])CC(O)(CC(=O)[O-])C(=O)[O-].O=C([O-])CC(O)(CC(=O)[O-])C(=O)[O-].[Fe+2].[Fe+2].[Fe+2].[Fe+3].[Fe+3].[Fe+3]. The Kier molecular flexibility index (Phi) is 54.0. The molecular weight excluding hydrogens is 1260 g/mol. The molecule has 0 aliphatic carbocycles. The van der Waals surface area contributed by atoms with Crippen molar-refractivity contribution in [2.24, 2.45) is 0 Å². The van der Waals surface area contributed by atoms with Crippen molar-refractivity contribution in [1.82, 2.24) is 0 Å². The first-order valence-electron chi connectivity index (χ1n) is 15.6. The average molecular weight is 1280 g/mol. The van der Waals surface area contributed by atoms with Gasteiger partial charge in [-0.3, -0.25) is 0 Å². The van der Waals surface area contributed by atoms with Gasteiger partial charge in [0.2, 0.25) is 0 Å². The topological polar surface area (TPSA) is 703 Å². The fourth-order valence-electron chi connectivity index (χ4n) is 3.42. The summed E-state index contributed by atoms with van der Waals surface area (Å²) >= 11 is 0. The van der Waals surface area contributed by atoms with Crippen LogP contribution in [0, 0.1) is 0 Å². The minimum absolute atomic E-state index is 0. The number of carbonyl (C=O) groups excluding carboxylic acids is 15. The number of aliphatic carboxylic acids is 15. The average Bonchev–Trinajstić information content (AvgIpc) is 3.01. The van der Waals surface area contributed by atoms with Crippen molar-refractivity contribution in [2.75, 3.05) is 0 Å². The van der Waals surface area contributed by atoms with Gasteiger partial charge in [-0.25, -0.2) is 0 Å². The zero-order valence-electron chi connectivity index (χ0n) is 33.7. The van der Waals surface area contributed by atoms with Gasteiger partial charge in [-0.1, -0.05) is 0 Å². The van der Waals surface area contributed by atoms with Crippen LogP contribution in [0.4, 0.5) is 0 Å². The van der Waals surface area contributed by atoms with E-state index in [1.807, 2.05) is 0 Å². The van der Waals surface area contributed by atoms with Gasteiger partial charge < -0.3 is 174 Å². The second kappa shape index (κ2) is 41.6. The van der Waals surface area contributed by atoms with Crippen LogP contribution in [0.5, 0.6) is 0 Å². The normalized spacial score (nSPS) is 9.93. The number of carbonyl (C=O) groups is 15. The maximum atomic E-state index is 10.1. The minimum Gasteiger partial charge on any atom is -0.550 e. The molecule has 0 saturated heterocycles. The molecule has 0 aliphatic rings. The number of carboxylic acid groups (broad SMARTS) is 15. The van der Waals surface area contributed by atoms with Gasteiger partial charge in [0.1, 0.15) is 28.0 Å². The Morgan fingerprint density at radius 1 is 0.211 bits per heavy atom. The molecule has 0 amide bonds. The Balaban J connectivity index is -0.0000000690. The molecule has 5 N–H and O–H groups in total. The van der Waals surface area contributed by atoms with Crippen molar-refractivity contribution < 1.29 is 276 Å². The molecule has 0 bridgehead atoms. The summed E-state index contributed by atoms with van der Waals surface area (Å²) in [7, 11) is 0. The van der Waals surface area contributed by atoms with E-state index in [-0.39, 0.29) is 102 Å². The van der Waals surface area contributed by atoms with Crippen LogP contribution in [0.25, 0.3) is 0 Å². The molecule has 0 saturated carbocycles. The van der Waals surface area contributed by atoms with Crippen LogP contribution in [0.2, 0.25) is 0 Å². The van der Waals surface area contributed by atoms with Crippen molar-refractivity contribution in [1.29, 1.82) is 0 Å². The second-order valence-corrected chi connectivity index (χ2v) is 12.1. The maximum Gasteiger partial charge on any atom is 3.00 e. The van der Waals surface area contributed by atoms with Crippen LogP contribution in [0.15, 0.2) is 0 Å². The number of carboxylic acids is 15. The van der Waals surface area contributed by atoms with Gasteiger partial charge in [0.05, 0.1) is 29.8 Å². The molecule has 3 radical (unpaired) electrons. The van der Waals surface area contributed by atoms with E-state index in [1.54, 1.807) is 0 Å². The molecular formula is C30H25Fe6O35. The van der Waals surface area contributed by atoms with Gasteiger partial charge in [-0.05, 0) is 0 Å². The molecule has 41 heteroatoms. The molecule has 403 valence electrons. The van der Waals surface area contributed by atoms with E-state index in [2.05, 4.69) is 0 Å². The van der Waals surface area contributed by atoms with Crippen LogP contribution in [0.3, 0.4) is 0 Å². The fraction of sp³-hybridized carbons (Fsp3) is 0.500. The van der Waals surface area contributed by atoms with Gasteiger partial charge >= 0.3 is 102 Å². The van der Waals surface area contributed by atoms with Gasteiger partial charge in [0, 0.05) is 124 Å². The second-order valence-electron chi connectivity index (χ2n) is 12.1. The predicted molar refractivity (Wildman–Crippen MR) is 146 cm³/mol. The van der Waals surface area contributed by atoms with E-state index in [1.165, 1.54) is 0 Å². The molecule has 0 aromatic heterocycles. The number of hydrogen-bond donors (Lipinski definition) is 5. The quantitative estimate of drug-likeness (QED) is 0.0530. The van der Waals surface area contributed by atoms with Gasteiger partial charge in [-0.2, -0.15) is 0 Å². The molecule has 0 rings (SSSR count). The minimum atomic E-state index is -2.97. The molecule has 0 atom stereocenters. The zero-order valence-corrected chi connectivity index (χ0v) is 40.3. The monoisotopic (exact) mass is 1280 g/mol. The summed E-state index contributed by atoms with van der Waals surface area (Å²) < 4.78 is 0. The van der Waals surface area contributed by atoms with E-state index in [0.29, 0.717) is 0 Å². The van der Waals surface area contributed by atoms with Gasteiger partial charge in [0.25, 0.3) is 0 Å². The van der Waals surface area contributed by atoms with Crippen LogP contribution < -0.4 is 76.6 Å². The van der Waals surface area contributed by atoms with Gasteiger partial charge in [-0.15, -0.1) is 0 Å². The standard InChI is InChI=1S/5C6H8O7.6Fe/c5*7-3(8)1-6(13,5(11)12)2-4(9)10;;;;;;/h5*13H,1-2H2,(H,7,8)(H,9,10)(H,11,12);;;;;;/q;;;;;3*+2;3*+3/p-15. The zero-order chi connectivity index (χ0) is 53.2. The molecule has 0 spiro atoms. The van der Waals surface area contributed by atoms with Crippen LogP contribution in [0.1, 0.15) is 64.2 Å².